The van der Waals surface area contributed by atoms with Gasteiger partial charge in [0.05, 0.1) is 5.92 Å². The zero-order chi connectivity index (χ0) is 11.1. The third-order valence-corrected chi connectivity index (χ3v) is 2.14. The minimum atomic E-state index is -0.854. The van der Waals surface area contributed by atoms with Gasteiger partial charge in [-0.2, -0.15) is 0 Å². The van der Waals surface area contributed by atoms with E-state index in [0.717, 1.165) is 12.8 Å². The van der Waals surface area contributed by atoms with E-state index in [4.69, 9.17) is 5.11 Å². The number of carboxylic acid groups (broad SMARTS) is 1. The molecule has 1 unspecified atom stereocenters. The van der Waals surface area contributed by atoms with E-state index in [1.807, 2.05) is 6.92 Å². The maximum absolute atomic E-state index is 11.1. The van der Waals surface area contributed by atoms with Crippen LogP contribution in [0.15, 0.2) is 0 Å². The molecule has 0 radical (unpaired) electrons. The minimum Gasteiger partial charge on any atom is -0.481 e. The zero-order valence-corrected chi connectivity index (χ0v) is 9.12. The van der Waals surface area contributed by atoms with E-state index in [1.165, 1.54) is 6.92 Å². The molecule has 1 atom stereocenters. The Labute approximate surface area is 84.9 Å². The number of amides is 1. The van der Waals surface area contributed by atoms with Crippen LogP contribution in [0.25, 0.3) is 0 Å². The molecule has 82 valence electrons. The summed E-state index contributed by atoms with van der Waals surface area (Å²) in [4.78, 5) is 23.3. The summed E-state index contributed by atoms with van der Waals surface area (Å²) in [7, 11) is 0. The summed E-state index contributed by atoms with van der Waals surface area (Å²) in [6.07, 6.45) is 1.93. The molecule has 0 saturated carbocycles. The van der Waals surface area contributed by atoms with Crippen LogP contribution in [0.5, 0.6) is 0 Å². The Morgan fingerprint density at radius 1 is 1.43 bits per heavy atom. The van der Waals surface area contributed by atoms with Gasteiger partial charge in [-0.1, -0.05) is 20.3 Å². The summed E-state index contributed by atoms with van der Waals surface area (Å²) >= 11 is 0. The van der Waals surface area contributed by atoms with Crippen molar-refractivity contribution in [1.29, 1.82) is 0 Å². The van der Waals surface area contributed by atoms with E-state index in [-0.39, 0.29) is 5.91 Å². The van der Waals surface area contributed by atoms with E-state index < -0.39 is 11.9 Å². The van der Waals surface area contributed by atoms with Crippen LogP contribution in [0, 0.1) is 5.92 Å². The van der Waals surface area contributed by atoms with E-state index in [1.54, 1.807) is 11.8 Å². The summed E-state index contributed by atoms with van der Waals surface area (Å²) in [5.74, 6) is -1.39. The smallest absolute Gasteiger partial charge is 0.308 e. The summed E-state index contributed by atoms with van der Waals surface area (Å²) in [6, 6.07) is 0. The highest BCUT2D eigenvalue weighted by atomic mass is 16.4. The molecule has 4 heteroatoms. The summed E-state index contributed by atoms with van der Waals surface area (Å²) in [5.41, 5.74) is 0. The Balaban J connectivity index is 4.08. The number of unbranched alkanes of at least 4 members (excludes halogenated alkanes) is 1. The van der Waals surface area contributed by atoms with Crippen molar-refractivity contribution in [3.05, 3.63) is 0 Å². The molecule has 0 bridgehead atoms. The van der Waals surface area contributed by atoms with Gasteiger partial charge in [0.25, 0.3) is 0 Å². The molecule has 14 heavy (non-hydrogen) atoms. The maximum Gasteiger partial charge on any atom is 0.308 e. The van der Waals surface area contributed by atoms with Crippen molar-refractivity contribution in [3.8, 4) is 0 Å². The van der Waals surface area contributed by atoms with Crippen LogP contribution in [-0.2, 0) is 9.59 Å². The minimum absolute atomic E-state index is 0.0495. The lowest BCUT2D eigenvalue weighted by Crippen LogP contribution is -2.36. The SMILES string of the molecule is CCCCN(CC(C)C(=O)O)C(C)=O. The quantitative estimate of drug-likeness (QED) is 0.705. The third kappa shape index (κ3) is 4.84. The molecule has 0 aliphatic rings. The van der Waals surface area contributed by atoms with Gasteiger partial charge < -0.3 is 10.0 Å². The van der Waals surface area contributed by atoms with E-state index in [2.05, 4.69) is 0 Å². The molecule has 0 heterocycles. The summed E-state index contributed by atoms with van der Waals surface area (Å²) < 4.78 is 0. The first-order chi connectivity index (χ1) is 6.49. The normalized spacial score (nSPS) is 12.2. The molecule has 1 amide bonds. The number of hydrogen-bond acceptors (Lipinski definition) is 2. The fraction of sp³-hybridized carbons (Fsp3) is 0.800. The van der Waals surface area contributed by atoms with Gasteiger partial charge >= 0.3 is 5.97 Å². The lowest BCUT2D eigenvalue weighted by molar-refractivity contribution is -0.142. The predicted octanol–water partition coefficient (Wildman–Crippen LogP) is 1.36. The second-order valence-electron chi connectivity index (χ2n) is 3.56. The Kier molecular flexibility index (Phi) is 5.92. The topological polar surface area (TPSA) is 57.6 Å². The number of carboxylic acids is 1. The van der Waals surface area contributed by atoms with E-state index in [0.29, 0.717) is 13.1 Å². The molecule has 1 N–H and O–H groups in total. The molecule has 0 saturated heterocycles. The fourth-order valence-electron chi connectivity index (χ4n) is 1.13. The Morgan fingerprint density at radius 2 is 2.00 bits per heavy atom. The standard InChI is InChI=1S/C10H19NO3/c1-4-5-6-11(9(3)12)7-8(2)10(13)14/h8H,4-7H2,1-3H3,(H,13,14). The highest BCUT2D eigenvalue weighted by molar-refractivity contribution is 5.75. The second kappa shape index (κ2) is 6.40. The van der Waals surface area contributed by atoms with Crippen LogP contribution in [0.1, 0.15) is 33.6 Å². The van der Waals surface area contributed by atoms with Crippen LogP contribution in [0.3, 0.4) is 0 Å². The van der Waals surface area contributed by atoms with Gasteiger partial charge in [-0.05, 0) is 6.42 Å². The van der Waals surface area contributed by atoms with Gasteiger partial charge in [-0.25, -0.2) is 0 Å². The number of rotatable bonds is 6. The molecule has 4 nitrogen and oxygen atoms in total. The van der Waals surface area contributed by atoms with E-state index >= 15 is 0 Å². The average Bonchev–Trinajstić information content (AvgIpc) is 2.10. The Morgan fingerprint density at radius 3 is 2.36 bits per heavy atom. The second-order valence-corrected chi connectivity index (χ2v) is 3.56. The van der Waals surface area contributed by atoms with Crippen LogP contribution >= 0.6 is 0 Å². The highest BCUT2D eigenvalue weighted by Gasteiger charge is 2.17. The maximum atomic E-state index is 11.1. The van der Waals surface area contributed by atoms with Gasteiger partial charge in [0.2, 0.25) is 5.91 Å². The van der Waals surface area contributed by atoms with Crippen LogP contribution < -0.4 is 0 Å². The number of hydrogen-bond donors (Lipinski definition) is 1. The lowest BCUT2D eigenvalue weighted by Gasteiger charge is -2.22. The van der Waals surface area contributed by atoms with Gasteiger partial charge in [-0.3, -0.25) is 9.59 Å². The van der Waals surface area contributed by atoms with Crippen molar-refractivity contribution in [1.82, 2.24) is 4.90 Å². The summed E-state index contributed by atoms with van der Waals surface area (Å²) in [6.45, 7) is 6.10. The monoisotopic (exact) mass is 201 g/mol. The first kappa shape index (κ1) is 12.9. The molecule has 0 fully saturated rings. The molecule has 0 spiro atoms. The number of nitrogens with zero attached hydrogens (tertiary/aromatic N) is 1. The van der Waals surface area contributed by atoms with Crippen LogP contribution in [0.2, 0.25) is 0 Å². The van der Waals surface area contributed by atoms with Crippen molar-refractivity contribution in [2.75, 3.05) is 13.1 Å². The molecule has 0 aromatic rings. The van der Waals surface area contributed by atoms with Crippen LogP contribution in [0.4, 0.5) is 0 Å². The Hall–Kier alpha value is -1.06. The van der Waals surface area contributed by atoms with Gasteiger partial charge in [0.1, 0.15) is 0 Å². The molecular formula is C10H19NO3. The van der Waals surface area contributed by atoms with Crippen molar-refractivity contribution >= 4 is 11.9 Å². The highest BCUT2D eigenvalue weighted by Crippen LogP contribution is 2.03. The Bertz CT molecular complexity index is 204. The van der Waals surface area contributed by atoms with Gasteiger partial charge in [-0.15, -0.1) is 0 Å². The molecule has 0 aromatic carbocycles. The molecule has 0 aromatic heterocycles. The van der Waals surface area contributed by atoms with Gasteiger partial charge in [0.15, 0.2) is 0 Å². The van der Waals surface area contributed by atoms with Crippen molar-refractivity contribution < 1.29 is 14.7 Å². The first-order valence-corrected chi connectivity index (χ1v) is 4.97. The van der Waals surface area contributed by atoms with Crippen molar-refractivity contribution in [3.63, 3.8) is 0 Å². The first-order valence-electron chi connectivity index (χ1n) is 4.97. The molecule has 0 aliphatic carbocycles. The fourth-order valence-corrected chi connectivity index (χ4v) is 1.13. The molecule has 0 aliphatic heterocycles. The molecular weight excluding hydrogens is 182 g/mol. The van der Waals surface area contributed by atoms with Crippen LogP contribution in [-0.4, -0.2) is 35.0 Å². The average molecular weight is 201 g/mol. The zero-order valence-electron chi connectivity index (χ0n) is 9.12. The lowest BCUT2D eigenvalue weighted by atomic mass is 10.1. The summed E-state index contributed by atoms with van der Waals surface area (Å²) in [5, 5.41) is 8.70. The van der Waals surface area contributed by atoms with E-state index in [9.17, 15) is 9.59 Å². The van der Waals surface area contributed by atoms with Gasteiger partial charge in [0, 0.05) is 20.0 Å². The predicted molar refractivity (Wildman–Crippen MR) is 54.0 cm³/mol. The molecule has 0 rings (SSSR count). The van der Waals surface area contributed by atoms with Crippen molar-refractivity contribution in [2.24, 2.45) is 5.92 Å². The number of aliphatic carboxylic acids is 1. The third-order valence-electron chi connectivity index (χ3n) is 2.14. The number of carbonyl (C=O) groups excluding carboxylic acids is 1. The largest absolute Gasteiger partial charge is 0.481 e. The number of carbonyl (C=O) groups is 2. The van der Waals surface area contributed by atoms with Crippen molar-refractivity contribution in [2.45, 2.75) is 33.6 Å².